The smallest absolute Gasteiger partial charge is 0.152 e. The number of ether oxygens (including phenoxy) is 1. The lowest BCUT2D eigenvalue weighted by Crippen LogP contribution is -1.79. The number of hydrogen-bond donors (Lipinski definition) is 0. The first-order valence-electron chi connectivity index (χ1n) is 4.46. The normalized spacial score (nSPS) is 13.7. The fraction of sp³-hybridized carbons (Fsp3) is 0. The lowest BCUT2D eigenvalue weighted by atomic mass is 10.2. The van der Waals surface area contributed by atoms with Crippen LogP contribution in [0.5, 0.6) is 5.75 Å². The SMILES string of the molecule is C1=COc2c(sc3ccccc23)C=C1. The van der Waals surface area contributed by atoms with Crippen LogP contribution in [0.2, 0.25) is 0 Å². The van der Waals surface area contributed by atoms with Gasteiger partial charge in [-0.25, -0.2) is 0 Å². The molecule has 0 amide bonds. The number of fused-ring (bicyclic) bond motifs is 3. The summed E-state index contributed by atoms with van der Waals surface area (Å²) in [6, 6.07) is 8.31. The van der Waals surface area contributed by atoms with Crippen molar-refractivity contribution >= 4 is 27.5 Å². The van der Waals surface area contributed by atoms with Crippen molar-refractivity contribution < 1.29 is 4.74 Å². The van der Waals surface area contributed by atoms with Crippen molar-refractivity contribution in [1.29, 1.82) is 0 Å². The summed E-state index contributed by atoms with van der Waals surface area (Å²) in [5, 5.41) is 1.20. The molecule has 0 saturated carbocycles. The minimum Gasteiger partial charge on any atom is -0.463 e. The summed E-state index contributed by atoms with van der Waals surface area (Å²) in [7, 11) is 0. The van der Waals surface area contributed by atoms with Crippen LogP contribution in [0.25, 0.3) is 16.2 Å². The molecular weight excluding hydrogens is 192 g/mol. The van der Waals surface area contributed by atoms with E-state index >= 15 is 0 Å². The maximum Gasteiger partial charge on any atom is 0.152 e. The molecule has 0 unspecified atom stereocenters. The van der Waals surface area contributed by atoms with E-state index < -0.39 is 0 Å². The van der Waals surface area contributed by atoms with Crippen molar-refractivity contribution in [3.05, 3.63) is 47.6 Å². The maximum absolute atomic E-state index is 5.57. The Labute approximate surface area is 85.9 Å². The van der Waals surface area contributed by atoms with Crippen molar-refractivity contribution in [2.45, 2.75) is 0 Å². The van der Waals surface area contributed by atoms with Crippen LogP contribution in [-0.2, 0) is 0 Å². The van der Waals surface area contributed by atoms with Gasteiger partial charge in [0.2, 0.25) is 0 Å². The van der Waals surface area contributed by atoms with Gasteiger partial charge in [0, 0.05) is 10.1 Å². The second-order valence-corrected chi connectivity index (χ2v) is 4.18. The van der Waals surface area contributed by atoms with Crippen LogP contribution in [0.3, 0.4) is 0 Å². The van der Waals surface area contributed by atoms with Gasteiger partial charge >= 0.3 is 0 Å². The molecule has 68 valence electrons. The molecule has 14 heavy (non-hydrogen) atoms. The lowest BCUT2D eigenvalue weighted by molar-refractivity contribution is 0.489. The molecule has 0 saturated heterocycles. The first-order chi connectivity index (χ1) is 6.95. The molecule has 0 atom stereocenters. The topological polar surface area (TPSA) is 9.23 Å². The zero-order valence-corrected chi connectivity index (χ0v) is 8.25. The van der Waals surface area contributed by atoms with Gasteiger partial charge in [-0.1, -0.05) is 18.2 Å². The van der Waals surface area contributed by atoms with Crippen LogP contribution in [0, 0.1) is 0 Å². The largest absolute Gasteiger partial charge is 0.463 e. The highest BCUT2D eigenvalue weighted by atomic mass is 32.1. The first kappa shape index (κ1) is 7.83. The summed E-state index contributed by atoms with van der Waals surface area (Å²) in [6.07, 6.45) is 7.72. The second kappa shape index (κ2) is 3.00. The average molecular weight is 200 g/mol. The Balaban J connectivity index is 2.37. The Hall–Kier alpha value is -1.54. The summed E-state index contributed by atoms with van der Waals surface area (Å²) in [6.45, 7) is 0. The van der Waals surface area contributed by atoms with Crippen LogP contribution < -0.4 is 4.74 Å². The number of rotatable bonds is 0. The standard InChI is InChI=1S/C12H8OS/c1-2-6-10-9(5-1)12-11(14-10)7-3-4-8-13-12/h1-8H. The van der Waals surface area contributed by atoms with E-state index in [1.54, 1.807) is 17.6 Å². The van der Waals surface area contributed by atoms with Crippen molar-refractivity contribution in [1.82, 2.24) is 0 Å². The van der Waals surface area contributed by atoms with Crippen molar-refractivity contribution in [2.24, 2.45) is 0 Å². The molecule has 0 aliphatic carbocycles. The molecule has 1 nitrogen and oxygen atoms in total. The number of benzene rings is 1. The summed E-state index contributed by atoms with van der Waals surface area (Å²) in [4.78, 5) is 1.19. The Kier molecular flexibility index (Phi) is 1.67. The molecule has 0 spiro atoms. The van der Waals surface area contributed by atoms with Gasteiger partial charge < -0.3 is 4.74 Å². The molecule has 2 heteroatoms. The van der Waals surface area contributed by atoms with Crippen molar-refractivity contribution in [2.75, 3.05) is 0 Å². The monoisotopic (exact) mass is 200 g/mol. The highest BCUT2D eigenvalue weighted by Gasteiger charge is 2.10. The molecule has 2 heterocycles. The minimum atomic E-state index is 0.982. The molecule has 0 radical (unpaired) electrons. The van der Waals surface area contributed by atoms with Gasteiger partial charge in [-0.3, -0.25) is 0 Å². The highest BCUT2D eigenvalue weighted by Crippen LogP contribution is 2.39. The Morgan fingerprint density at radius 3 is 3.00 bits per heavy atom. The Bertz CT molecular complexity index is 534. The summed E-state index contributed by atoms with van der Waals surface area (Å²) >= 11 is 1.76. The molecule has 0 N–H and O–H groups in total. The van der Waals surface area contributed by atoms with E-state index in [9.17, 15) is 0 Å². The molecule has 0 fully saturated rings. The van der Waals surface area contributed by atoms with E-state index in [1.165, 1.54) is 15.0 Å². The molecule has 2 aromatic rings. The fourth-order valence-electron chi connectivity index (χ4n) is 1.57. The third-order valence-electron chi connectivity index (χ3n) is 2.20. The van der Waals surface area contributed by atoms with E-state index in [4.69, 9.17) is 4.74 Å². The van der Waals surface area contributed by atoms with E-state index in [1.807, 2.05) is 18.2 Å². The quantitative estimate of drug-likeness (QED) is 0.628. The summed E-state index contributed by atoms with van der Waals surface area (Å²) in [5.74, 6) is 0.982. The molecular formula is C12H8OS. The van der Waals surface area contributed by atoms with Crippen LogP contribution >= 0.6 is 11.3 Å². The summed E-state index contributed by atoms with van der Waals surface area (Å²) in [5.41, 5.74) is 0. The Morgan fingerprint density at radius 1 is 1.07 bits per heavy atom. The molecule has 1 aromatic heterocycles. The van der Waals surface area contributed by atoms with Crippen LogP contribution in [0.4, 0.5) is 0 Å². The fourth-order valence-corrected chi connectivity index (χ4v) is 2.62. The number of hydrogen-bond acceptors (Lipinski definition) is 2. The van der Waals surface area contributed by atoms with Crippen LogP contribution in [0.15, 0.2) is 42.7 Å². The van der Waals surface area contributed by atoms with Gasteiger partial charge in [-0.05, 0) is 24.3 Å². The van der Waals surface area contributed by atoms with Crippen molar-refractivity contribution in [3.63, 3.8) is 0 Å². The van der Waals surface area contributed by atoms with Crippen LogP contribution in [-0.4, -0.2) is 0 Å². The van der Waals surface area contributed by atoms with Gasteiger partial charge in [0.1, 0.15) is 0 Å². The van der Waals surface area contributed by atoms with Gasteiger partial charge in [-0.15, -0.1) is 11.3 Å². The molecule has 3 rings (SSSR count). The third-order valence-corrected chi connectivity index (χ3v) is 3.32. The second-order valence-electron chi connectivity index (χ2n) is 3.10. The van der Waals surface area contributed by atoms with Gasteiger partial charge in [0.25, 0.3) is 0 Å². The number of thiophene rings is 1. The highest BCUT2D eigenvalue weighted by molar-refractivity contribution is 7.20. The van der Waals surface area contributed by atoms with Gasteiger partial charge in [-0.2, -0.15) is 0 Å². The minimum absolute atomic E-state index is 0.982. The van der Waals surface area contributed by atoms with E-state index in [0.717, 1.165) is 5.75 Å². The lowest BCUT2D eigenvalue weighted by Gasteiger charge is -1.97. The van der Waals surface area contributed by atoms with E-state index in [-0.39, 0.29) is 0 Å². The van der Waals surface area contributed by atoms with Gasteiger partial charge in [0.05, 0.1) is 11.1 Å². The maximum atomic E-state index is 5.57. The predicted octanol–water partition coefficient (Wildman–Crippen LogP) is 3.82. The molecule has 0 bridgehead atoms. The molecule has 1 aliphatic rings. The Morgan fingerprint density at radius 2 is 2.00 bits per heavy atom. The zero-order valence-electron chi connectivity index (χ0n) is 7.44. The van der Waals surface area contributed by atoms with E-state index in [2.05, 4.69) is 24.3 Å². The average Bonchev–Trinajstić information content (AvgIpc) is 2.42. The van der Waals surface area contributed by atoms with E-state index in [0.29, 0.717) is 0 Å². The third kappa shape index (κ3) is 1.08. The zero-order chi connectivity index (χ0) is 9.38. The van der Waals surface area contributed by atoms with Crippen LogP contribution in [0.1, 0.15) is 4.88 Å². The van der Waals surface area contributed by atoms with Gasteiger partial charge in [0.15, 0.2) is 5.75 Å². The summed E-state index contributed by atoms with van der Waals surface area (Å²) < 4.78 is 6.84. The van der Waals surface area contributed by atoms with Crippen molar-refractivity contribution in [3.8, 4) is 5.75 Å². The first-order valence-corrected chi connectivity index (χ1v) is 5.28. The predicted molar refractivity (Wildman–Crippen MR) is 60.6 cm³/mol. The molecule has 1 aliphatic heterocycles. The number of allylic oxidation sites excluding steroid dienone is 2. The molecule has 1 aromatic carbocycles.